The maximum absolute atomic E-state index is 11.8. The molecule has 124 valence electrons. The van der Waals surface area contributed by atoms with Gasteiger partial charge in [-0.15, -0.1) is 11.3 Å². The molecule has 0 unspecified atom stereocenters. The molecule has 0 aliphatic rings. The van der Waals surface area contributed by atoms with Crippen molar-refractivity contribution in [1.82, 2.24) is 16.2 Å². The number of benzene rings is 1. The van der Waals surface area contributed by atoms with Gasteiger partial charge in [-0.25, -0.2) is 0 Å². The molecule has 0 bridgehead atoms. The second-order valence-electron chi connectivity index (χ2n) is 4.64. The van der Waals surface area contributed by atoms with Crippen LogP contribution in [0, 0.1) is 0 Å². The highest BCUT2D eigenvalue weighted by atomic mass is 35.5. The van der Waals surface area contributed by atoms with Gasteiger partial charge < -0.3 is 0 Å². The van der Waals surface area contributed by atoms with Crippen molar-refractivity contribution in [1.29, 1.82) is 0 Å². The van der Waals surface area contributed by atoms with E-state index in [9.17, 15) is 9.59 Å². The largest absolute Gasteiger partial charge is 0.298 e. The Morgan fingerprint density at radius 2 is 1.92 bits per heavy atom. The van der Waals surface area contributed by atoms with Crippen LogP contribution >= 0.6 is 35.2 Å². The fourth-order valence-electron chi connectivity index (χ4n) is 1.69. The zero-order valence-electron chi connectivity index (χ0n) is 12.4. The number of hydrogen-bond acceptors (Lipinski definition) is 4. The standard InChI is InChI=1S/C16H14ClN3O2S2/c17-12-5-3-11(4-6-12)10-15(22)19-20-16(23)18-14(21)8-7-13-2-1-9-24-13/h1-9H,10H2,(H,19,22)(H2,18,20,21,23)/b8-7+. The van der Waals surface area contributed by atoms with Crippen LogP contribution in [-0.2, 0) is 16.0 Å². The van der Waals surface area contributed by atoms with Crippen LogP contribution in [0.5, 0.6) is 0 Å². The number of rotatable bonds is 4. The molecule has 1 aromatic heterocycles. The van der Waals surface area contributed by atoms with E-state index in [1.165, 1.54) is 17.4 Å². The summed E-state index contributed by atoms with van der Waals surface area (Å²) in [7, 11) is 0. The van der Waals surface area contributed by atoms with Crippen LogP contribution in [-0.4, -0.2) is 16.9 Å². The summed E-state index contributed by atoms with van der Waals surface area (Å²) < 4.78 is 0. The third-order valence-electron chi connectivity index (χ3n) is 2.77. The van der Waals surface area contributed by atoms with Gasteiger partial charge in [0.2, 0.25) is 11.8 Å². The summed E-state index contributed by atoms with van der Waals surface area (Å²) >= 11 is 12.2. The summed E-state index contributed by atoms with van der Waals surface area (Å²) in [5.41, 5.74) is 5.71. The highest BCUT2D eigenvalue weighted by Gasteiger charge is 2.05. The van der Waals surface area contributed by atoms with Gasteiger partial charge in [-0.2, -0.15) is 0 Å². The Kier molecular flexibility index (Phi) is 6.92. The highest BCUT2D eigenvalue weighted by molar-refractivity contribution is 7.80. The predicted octanol–water partition coefficient (Wildman–Crippen LogP) is 2.68. The van der Waals surface area contributed by atoms with E-state index >= 15 is 0 Å². The molecule has 1 heterocycles. The average Bonchev–Trinajstić information content (AvgIpc) is 3.07. The zero-order chi connectivity index (χ0) is 17.4. The first-order valence-electron chi connectivity index (χ1n) is 6.89. The van der Waals surface area contributed by atoms with E-state index in [4.69, 9.17) is 23.8 Å². The van der Waals surface area contributed by atoms with Gasteiger partial charge >= 0.3 is 0 Å². The Bertz CT molecular complexity index is 743. The number of thiophene rings is 1. The number of carbonyl (C=O) groups is 2. The molecule has 0 saturated carbocycles. The second-order valence-corrected chi connectivity index (χ2v) is 6.47. The van der Waals surface area contributed by atoms with Crippen molar-refractivity contribution in [3.8, 4) is 0 Å². The van der Waals surface area contributed by atoms with Gasteiger partial charge in [0.25, 0.3) is 0 Å². The molecule has 1 aromatic carbocycles. The maximum atomic E-state index is 11.8. The van der Waals surface area contributed by atoms with Gasteiger partial charge in [0.1, 0.15) is 0 Å². The smallest absolute Gasteiger partial charge is 0.250 e. The first-order chi connectivity index (χ1) is 11.5. The number of thiocarbonyl (C=S) groups is 1. The molecular formula is C16H14ClN3O2S2. The lowest BCUT2D eigenvalue weighted by Gasteiger charge is -2.09. The third-order valence-corrected chi connectivity index (χ3v) is 4.07. The van der Waals surface area contributed by atoms with Gasteiger partial charge in [-0.3, -0.25) is 25.8 Å². The molecular weight excluding hydrogens is 366 g/mol. The lowest BCUT2D eigenvalue weighted by molar-refractivity contribution is -0.121. The lowest BCUT2D eigenvalue weighted by Crippen LogP contribution is -2.48. The lowest BCUT2D eigenvalue weighted by atomic mass is 10.1. The Balaban J connectivity index is 1.71. The Morgan fingerprint density at radius 3 is 2.58 bits per heavy atom. The number of amides is 2. The summed E-state index contributed by atoms with van der Waals surface area (Å²) in [6, 6.07) is 10.7. The predicted molar refractivity (Wildman–Crippen MR) is 101 cm³/mol. The van der Waals surface area contributed by atoms with Crippen LogP contribution in [0.2, 0.25) is 5.02 Å². The Morgan fingerprint density at radius 1 is 1.17 bits per heavy atom. The summed E-state index contributed by atoms with van der Waals surface area (Å²) in [6.07, 6.45) is 3.22. The van der Waals surface area contributed by atoms with E-state index in [2.05, 4.69) is 16.2 Å². The summed E-state index contributed by atoms with van der Waals surface area (Å²) in [4.78, 5) is 24.4. The summed E-state index contributed by atoms with van der Waals surface area (Å²) in [5, 5.41) is 4.98. The number of hydrogen-bond donors (Lipinski definition) is 3. The molecule has 2 amide bonds. The van der Waals surface area contributed by atoms with Crippen molar-refractivity contribution < 1.29 is 9.59 Å². The molecule has 2 rings (SSSR count). The topological polar surface area (TPSA) is 70.2 Å². The first kappa shape index (κ1) is 18.1. The minimum absolute atomic E-state index is 0.0142. The molecule has 0 saturated heterocycles. The van der Waals surface area contributed by atoms with Gasteiger partial charge in [0, 0.05) is 16.0 Å². The molecule has 24 heavy (non-hydrogen) atoms. The van der Waals surface area contributed by atoms with Crippen LogP contribution in [0.1, 0.15) is 10.4 Å². The van der Waals surface area contributed by atoms with Crippen LogP contribution in [0.15, 0.2) is 47.9 Å². The van der Waals surface area contributed by atoms with Crippen molar-refractivity contribution in [3.63, 3.8) is 0 Å². The fourth-order valence-corrected chi connectivity index (χ4v) is 2.58. The third kappa shape index (κ3) is 6.49. The van der Waals surface area contributed by atoms with Crippen molar-refractivity contribution in [2.24, 2.45) is 0 Å². The van der Waals surface area contributed by atoms with Crippen molar-refractivity contribution in [2.75, 3.05) is 0 Å². The highest BCUT2D eigenvalue weighted by Crippen LogP contribution is 2.10. The molecule has 0 fully saturated rings. The second kappa shape index (κ2) is 9.17. The van der Waals surface area contributed by atoms with Crippen LogP contribution in [0.4, 0.5) is 0 Å². The normalized spacial score (nSPS) is 10.4. The van der Waals surface area contributed by atoms with Gasteiger partial charge in [0.05, 0.1) is 6.42 Å². The fraction of sp³-hybridized carbons (Fsp3) is 0.0625. The number of halogens is 1. The molecule has 3 N–H and O–H groups in total. The minimum atomic E-state index is -0.382. The average molecular weight is 380 g/mol. The van der Waals surface area contributed by atoms with E-state index in [1.807, 2.05) is 17.5 Å². The van der Waals surface area contributed by atoms with E-state index in [1.54, 1.807) is 30.3 Å². The van der Waals surface area contributed by atoms with Crippen LogP contribution in [0.3, 0.4) is 0 Å². The Hall–Kier alpha value is -2.22. The van der Waals surface area contributed by atoms with Gasteiger partial charge in [-0.1, -0.05) is 29.8 Å². The zero-order valence-corrected chi connectivity index (χ0v) is 14.8. The van der Waals surface area contributed by atoms with Crippen LogP contribution in [0.25, 0.3) is 6.08 Å². The summed E-state index contributed by atoms with van der Waals surface area (Å²) in [5.74, 6) is -0.670. The molecule has 5 nitrogen and oxygen atoms in total. The van der Waals surface area contributed by atoms with Gasteiger partial charge in [-0.05, 0) is 47.4 Å². The Labute approximate surface area is 153 Å². The molecule has 0 aliphatic heterocycles. The molecule has 0 aliphatic carbocycles. The van der Waals surface area contributed by atoms with E-state index in [0.29, 0.717) is 5.02 Å². The van der Waals surface area contributed by atoms with E-state index in [0.717, 1.165) is 10.4 Å². The van der Waals surface area contributed by atoms with Crippen molar-refractivity contribution in [2.45, 2.75) is 6.42 Å². The number of hydrazine groups is 1. The minimum Gasteiger partial charge on any atom is -0.298 e. The number of nitrogens with one attached hydrogen (secondary N) is 3. The van der Waals surface area contributed by atoms with Crippen molar-refractivity contribution >= 4 is 58.2 Å². The molecule has 8 heteroatoms. The molecule has 0 radical (unpaired) electrons. The molecule has 2 aromatic rings. The quantitative estimate of drug-likeness (QED) is 0.434. The van der Waals surface area contributed by atoms with Gasteiger partial charge in [0.15, 0.2) is 5.11 Å². The van der Waals surface area contributed by atoms with Crippen molar-refractivity contribution in [3.05, 3.63) is 63.3 Å². The molecule has 0 atom stereocenters. The SMILES string of the molecule is O=C(/C=C/c1cccs1)NC(=S)NNC(=O)Cc1ccc(Cl)cc1. The van der Waals surface area contributed by atoms with E-state index < -0.39 is 0 Å². The molecule has 0 spiro atoms. The summed E-state index contributed by atoms with van der Waals surface area (Å²) in [6.45, 7) is 0. The van der Waals surface area contributed by atoms with E-state index in [-0.39, 0.29) is 23.3 Å². The number of carbonyl (C=O) groups excluding carboxylic acids is 2. The maximum Gasteiger partial charge on any atom is 0.250 e. The monoisotopic (exact) mass is 379 g/mol. The van der Waals surface area contributed by atoms with Crippen LogP contribution < -0.4 is 16.2 Å². The first-order valence-corrected chi connectivity index (χ1v) is 8.55.